The summed E-state index contributed by atoms with van der Waals surface area (Å²) in [6.07, 6.45) is 0. The number of aromatic amines is 1. The Morgan fingerprint density at radius 2 is 1.68 bits per heavy atom. The molecule has 3 aromatic carbocycles. The van der Waals surface area contributed by atoms with E-state index in [0.29, 0.717) is 5.75 Å². The molecule has 0 atom stereocenters. The van der Waals surface area contributed by atoms with Crippen molar-refractivity contribution in [3.63, 3.8) is 0 Å². The highest BCUT2D eigenvalue weighted by Gasteiger charge is 2.09. The van der Waals surface area contributed by atoms with Gasteiger partial charge in [-0.25, -0.2) is 19.0 Å². The summed E-state index contributed by atoms with van der Waals surface area (Å²) in [7, 11) is 0. The van der Waals surface area contributed by atoms with Gasteiger partial charge in [0.25, 0.3) is 0 Å². The number of halogens is 1. The third kappa shape index (κ3) is 4.66. The van der Waals surface area contributed by atoms with Crippen molar-refractivity contribution >= 4 is 0 Å². The van der Waals surface area contributed by atoms with Crippen LogP contribution in [0.15, 0.2) is 74.8 Å². The molecular weight excluding hydrogens is 399 g/mol. The number of hydrogen-bond acceptors (Lipinski definition) is 4. The molecule has 0 amide bonds. The van der Waals surface area contributed by atoms with Gasteiger partial charge >= 0.3 is 11.4 Å². The van der Waals surface area contributed by atoms with E-state index < -0.39 is 11.4 Å². The van der Waals surface area contributed by atoms with Crippen molar-refractivity contribution in [1.82, 2.24) is 9.72 Å². The Morgan fingerprint density at radius 3 is 2.32 bits per heavy atom. The molecule has 1 N–H and O–H groups in total. The molecule has 31 heavy (non-hydrogen) atoms. The number of rotatable bonds is 6. The first-order valence-corrected chi connectivity index (χ1v) is 9.77. The van der Waals surface area contributed by atoms with Crippen LogP contribution in [0.4, 0.5) is 4.39 Å². The summed E-state index contributed by atoms with van der Waals surface area (Å²) in [4.78, 5) is 24.6. The second kappa shape index (κ2) is 8.47. The summed E-state index contributed by atoms with van der Waals surface area (Å²) in [6, 6.07) is 18.0. The molecule has 4 rings (SSSR count). The molecule has 0 saturated carbocycles. The van der Waals surface area contributed by atoms with Crippen LogP contribution < -0.4 is 16.2 Å². The van der Waals surface area contributed by atoms with E-state index in [9.17, 15) is 14.0 Å². The number of nitrogens with one attached hydrogen (secondary N) is 1. The molecule has 1 aromatic heterocycles. The maximum atomic E-state index is 14.3. The first-order valence-electron chi connectivity index (χ1n) is 9.77. The predicted molar refractivity (Wildman–Crippen MR) is 115 cm³/mol. The second-order valence-electron chi connectivity index (χ2n) is 7.39. The highest BCUT2D eigenvalue weighted by Crippen LogP contribution is 2.29. The smallest absolute Gasteiger partial charge is 0.440 e. The molecule has 6 nitrogen and oxygen atoms in total. The van der Waals surface area contributed by atoms with E-state index in [1.54, 1.807) is 24.3 Å². The van der Waals surface area contributed by atoms with Gasteiger partial charge in [-0.15, -0.1) is 4.74 Å². The van der Waals surface area contributed by atoms with Gasteiger partial charge in [-0.05, 0) is 77.6 Å². The molecule has 0 spiro atoms. The minimum absolute atomic E-state index is 0.126. The van der Waals surface area contributed by atoms with Crippen molar-refractivity contribution < 1.29 is 13.7 Å². The van der Waals surface area contributed by atoms with E-state index in [1.807, 2.05) is 43.1 Å². The lowest BCUT2D eigenvalue weighted by Crippen LogP contribution is -2.17. The fourth-order valence-electron chi connectivity index (χ4n) is 3.59. The fourth-order valence-corrected chi connectivity index (χ4v) is 3.59. The van der Waals surface area contributed by atoms with Crippen LogP contribution in [-0.4, -0.2) is 9.72 Å². The minimum atomic E-state index is -0.791. The lowest BCUT2D eigenvalue weighted by Gasteiger charge is -2.13. The van der Waals surface area contributed by atoms with Gasteiger partial charge in [-0.2, -0.15) is 0 Å². The summed E-state index contributed by atoms with van der Waals surface area (Å²) < 4.78 is 25.8. The summed E-state index contributed by atoms with van der Waals surface area (Å²) in [5, 5.41) is 0. The molecule has 1 heterocycles. The van der Waals surface area contributed by atoms with Crippen LogP contribution in [0, 0.1) is 19.7 Å². The molecule has 158 valence electrons. The molecule has 7 heteroatoms. The third-order valence-electron chi connectivity index (χ3n) is 5.01. The molecular formula is C24H21FN2O4. The lowest BCUT2D eigenvalue weighted by molar-refractivity contribution is 0.258. The Hall–Kier alpha value is -3.87. The predicted octanol–water partition coefficient (Wildman–Crippen LogP) is 4.18. The van der Waals surface area contributed by atoms with Crippen molar-refractivity contribution in [2.75, 3.05) is 0 Å². The van der Waals surface area contributed by atoms with Gasteiger partial charge in [0.1, 0.15) is 18.2 Å². The van der Waals surface area contributed by atoms with Gasteiger partial charge in [0.2, 0.25) is 0 Å². The van der Waals surface area contributed by atoms with Crippen molar-refractivity contribution in [3.8, 4) is 16.9 Å². The van der Waals surface area contributed by atoms with E-state index in [1.165, 1.54) is 12.1 Å². The summed E-state index contributed by atoms with van der Waals surface area (Å²) in [6.45, 7) is 4.36. The van der Waals surface area contributed by atoms with Gasteiger partial charge in [0, 0.05) is 0 Å². The maximum Gasteiger partial charge on any atom is 0.440 e. The van der Waals surface area contributed by atoms with Crippen molar-refractivity contribution in [3.05, 3.63) is 110 Å². The van der Waals surface area contributed by atoms with Crippen molar-refractivity contribution in [2.24, 2.45) is 0 Å². The molecule has 0 unspecified atom stereocenters. The molecule has 0 fully saturated rings. The van der Waals surface area contributed by atoms with Gasteiger partial charge in [0.05, 0.1) is 6.54 Å². The van der Waals surface area contributed by atoms with E-state index >= 15 is 0 Å². The quantitative estimate of drug-likeness (QED) is 0.508. The molecule has 0 saturated heterocycles. The van der Waals surface area contributed by atoms with Gasteiger partial charge in [-0.1, -0.05) is 30.3 Å². The van der Waals surface area contributed by atoms with Crippen LogP contribution >= 0.6 is 0 Å². The number of aromatic nitrogens is 2. The molecule has 0 aliphatic carbocycles. The van der Waals surface area contributed by atoms with Crippen LogP contribution in [0.2, 0.25) is 0 Å². The van der Waals surface area contributed by atoms with E-state index in [2.05, 4.69) is 0 Å². The second-order valence-corrected chi connectivity index (χ2v) is 7.39. The highest BCUT2D eigenvalue weighted by atomic mass is 19.1. The SMILES string of the molecule is Cc1cccc(C)c1-c1cc(F)cc(COc2ccc(Cn3oc(=O)[nH]c3=O)cc2)c1. The first-order chi connectivity index (χ1) is 14.9. The Morgan fingerprint density at radius 1 is 0.968 bits per heavy atom. The zero-order valence-electron chi connectivity index (χ0n) is 17.1. The average molecular weight is 420 g/mol. The Balaban J connectivity index is 1.48. The third-order valence-corrected chi connectivity index (χ3v) is 5.01. The summed E-state index contributed by atoms with van der Waals surface area (Å²) >= 11 is 0. The lowest BCUT2D eigenvalue weighted by atomic mass is 9.94. The van der Waals surface area contributed by atoms with E-state index in [4.69, 9.17) is 9.26 Å². The van der Waals surface area contributed by atoms with Crippen LogP contribution in [0.3, 0.4) is 0 Å². The zero-order valence-corrected chi connectivity index (χ0v) is 17.1. The number of ether oxygens (including phenoxy) is 1. The molecule has 0 radical (unpaired) electrons. The highest BCUT2D eigenvalue weighted by molar-refractivity contribution is 5.71. The zero-order chi connectivity index (χ0) is 22.0. The number of hydrogen-bond donors (Lipinski definition) is 1. The van der Waals surface area contributed by atoms with Gasteiger partial charge in [-0.3, -0.25) is 0 Å². The van der Waals surface area contributed by atoms with E-state index in [-0.39, 0.29) is 19.0 Å². The Labute approximate surface area is 177 Å². The first kappa shape index (κ1) is 20.4. The standard InChI is InChI=1S/C24H21FN2O4/c1-15-4-3-5-16(2)22(15)19-10-18(11-20(25)12-19)14-30-21-8-6-17(7-9-21)13-27-23(28)26-24(29)31-27/h3-12H,13-14H2,1-2H3,(H,26,28,29). The largest absolute Gasteiger partial charge is 0.489 e. The van der Waals surface area contributed by atoms with Gasteiger partial charge in [0.15, 0.2) is 0 Å². The summed E-state index contributed by atoms with van der Waals surface area (Å²) in [5.74, 6) is -0.502. The summed E-state index contributed by atoms with van der Waals surface area (Å²) in [5.41, 5.74) is 4.91. The number of H-pyrrole nitrogens is 1. The number of nitrogens with zero attached hydrogens (tertiary/aromatic N) is 1. The van der Waals surface area contributed by atoms with Crippen LogP contribution in [-0.2, 0) is 13.2 Å². The molecule has 0 bridgehead atoms. The van der Waals surface area contributed by atoms with Crippen LogP contribution in [0.5, 0.6) is 5.75 Å². The van der Waals surface area contributed by atoms with Crippen LogP contribution in [0.1, 0.15) is 22.3 Å². The fraction of sp³-hybridized carbons (Fsp3) is 0.167. The number of aryl methyl sites for hydroxylation is 2. The van der Waals surface area contributed by atoms with Crippen LogP contribution in [0.25, 0.3) is 11.1 Å². The van der Waals surface area contributed by atoms with Crippen molar-refractivity contribution in [1.29, 1.82) is 0 Å². The monoisotopic (exact) mass is 420 g/mol. The Bertz CT molecular complexity index is 1310. The Kier molecular flexibility index (Phi) is 5.58. The maximum absolute atomic E-state index is 14.3. The van der Waals surface area contributed by atoms with Crippen molar-refractivity contribution in [2.45, 2.75) is 27.0 Å². The molecule has 0 aliphatic rings. The minimum Gasteiger partial charge on any atom is -0.489 e. The molecule has 0 aliphatic heterocycles. The topological polar surface area (TPSA) is 77.2 Å². The van der Waals surface area contributed by atoms with E-state index in [0.717, 1.165) is 38.1 Å². The average Bonchev–Trinajstić information content (AvgIpc) is 3.04. The molecule has 4 aromatic rings. The number of benzene rings is 3. The van der Waals surface area contributed by atoms with Gasteiger partial charge < -0.3 is 9.26 Å². The normalized spacial score (nSPS) is 10.9.